The Morgan fingerprint density at radius 1 is 1.12 bits per heavy atom. The van der Waals surface area contributed by atoms with Gasteiger partial charge in [-0.15, -0.1) is 0 Å². The average molecular weight is 463 g/mol. The quantitative estimate of drug-likeness (QED) is 0.626. The predicted octanol–water partition coefficient (Wildman–Crippen LogP) is 2.96. The van der Waals surface area contributed by atoms with Crippen LogP contribution in [0.3, 0.4) is 0 Å². The molecule has 1 aliphatic rings. The maximum absolute atomic E-state index is 13.9. The van der Waals surface area contributed by atoms with Crippen molar-refractivity contribution < 1.29 is 9.90 Å². The van der Waals surface area contributed by atoms with Crippen LogP contribution in [0.2, 0.25) is 0 Å². The Kier molecular flexibility index (Phi) is 6.65. The highest BCUT2D eigenvalue weighted by atomic mass is 16.4. The van der Waals surface area contributed by atoms with Crippen LogP contribution in [0.4, 0.5) is 0 Å². The maximum atomic E-state index is 13.9. The Morgan fingerprint density at radius 3 is 2.53 bits per heavy atom. The Hall–Kier alpha value is -3.72. The monoisotopic (exact) mass is 462 g/mol. The fourth-order valence-corrected chi connectivity index (χ4v) is 4.46. The Labute approximate surface area is 198 Å². The number of carbonyl (C=O) groups is 1. The van der Waals surface area contributed by atoms with E-state index in [4.69, 9.17) is 0 Å². The highest BCUT2D eigenvalue weighted by Crippen LogP contribution is 2.23. The summed E-state index contributed by atoms with van der Waals surface area (Å²) in [5.74, 6) is 0.322. The molecule has 0 bridgehead atoms. The van der Waals surface area contributed by atoms with E-state index in [-0.39, 0.29) is 17.4 Å². The molecular formula is C25H30N6O3. The van der Waals surface area contributed by atoms with Gasteiger partial charge in [-0.25, -0.2) is 19.6 Å². The zero-order chi connectivity index (χ0) is 24.4. The van der Waals surface area contributed by atoms with Crippen molar-refractivity contribution in [2.24, 2.45) is 7.05 Å². The SMILES string of the molecule is Cc1ccc(-n2c(C)cccnc(C)n(C3CCN(Cc4ncc(C(=O)O)n4C)C3)c2=O)cc1. The molecule has 9 nitrogen and oxygen atoms in total. The summed E-state index contributed by atoms with van der Waals surface area (Å²) in [5, 5.41) is 9.29. The van der Waals surface area contributed by atoms with Crippen LogP contribution in [0.15, 0.2) is 53.6 Å². The van der Waals surface area contributed by atoms with E-state index in [2.05, 4.69) is 14.9 Å². The molecule has 4 rings (SSSR count). The minimum atomic E-state index is -0.998. The van der Waals surface area contributed by atoms with Crippen LogP contribution in [0, 0.1) is 20.8 Å². The number of aryl methyl sites for hydroxylation is 3. The molecule has 0 radical (unpaired) electrons. The Morgan fingerprint density at radius 2 is 1.85 bits per heavy atom. The fraction of sp³-hybridized carbons (Fsp3) is 0.360. The third kappa shape index (κ3) is 4.65. The maximum Gasteiger partial charge on any atom is 0.354 e. The number of hydrogen-bond acceptors (Lipinski definition) is 5. The molecule has 0 aliphatic carbocycles. The molecule has 2 aromatic heterocycles. The van der Waals surface area contributed by atoms with E-state index in [0.29, 0.717) is 24.7 Å². The van der Waals surface area contributed by atoms with Crippen molar-refractivity contribution in [3.8, 4) is 5.69 Å². The Balaban J connectivity index is 1.72. The van der Waals surface area contributed by atoms with Gasteiger partial charge in [0.25, 0.3) is 0 Å². The van der Waals surface area contributed by atoms with Gasteiger partial charge in [-0.05, 0) is 51.5 Å². The summed E-state index contributed by atoms with van der Waals surface area (Å²) in [5.41, 5.74) is 2.76. The summed E-state index contributed by atoms with van der Waals surface area (Å²) in [6, 6.07) is 11.6. The molecule has 1 atom stereocenters. The van der Waals surface area contributed by atoms with Crippen LogP contribution in [0.25, 0.3) is 5.69 Å². The number of carboxylic acids is 1. The summed E-state index contributed by atoms with van der Waals surface area (Å²) in [6.07, 6.45) is 3.88. The van der Waals surface area contributed by atoms with Crippen LogP contribution < -0.4 is 5.69 Å². The average Bonchev–Trinajstić information content (AvgIpc) is 3.40. The second kappa shape index (κ2) is 9.64. The first-order chi connectivity index (χ1) is 16.3. The van der Waals surface area contributed by atoms with Crippen molar-refractivity contribution in [2.75, 3.05) is 13.1 Å². The molecule has 1 N–H and O–H groups in total. The van der Waals surface area contributed by atoms with Gasteiger partial charge < -0.3 is 9.67 Å². The molecule has 0 amide bonds. The number of imidazole rings is 1. The van der Waals surface area contributed by atoms with Crippen molar-refractivity contribution in [3.63, 3.8) is 0 Å². The predicted molar refractivity (Wildman–Crippen MR) is 129 cm³/mol. The van der Waals surface area contributed by atoms with Crippen molar-refractivity contribution in [2.45, 2.75) is 39.8 Å². The van der Waals surface area contributed by atoms with Crippen molar-refractivity contribution in [1.82, 2.24) is 28.6 Å². The molecule has 1 saturated heterocycles. The van der Waals surface area contributed by atoms with Gasteiger partial charge in [-0.3, -0.25) is 14.0 Å². The number of hydrogen-bond donors (Lipinski definition) is 1. The molecule has 0 saturated carbocycles. The van der Waals surface area contributed by atoms with Crippen LogP contribution >= 0.6 is 0 Å². The molecular weight excluding hydrogens is 432 g/mol. The van der Waals surface area contributed by atoms with Crippen molar-refractivity contribution in [3.05, 3.63) is 87.9 Å². The largest absolute Gasteiger partial charge is 0.477 e. The Bertz CT molecular complexity index is 1320. The molecule has 3 aromatic rings. The first kappa shape index (κ1) is 23.4. The number of carboxylic acid groups (broad SMARTS) is 1. The smallest absolute Gasteiger partial charge is 0.354 e. The first-order valence-electron chi connectivity index (χ1n) is 11.3. The molecule has 1 aliphatic heterocycles. The standard InChI is InChI=1S/C25H30N6O3/c1-17-7-9-20(10-8-17)30-18(2)6-5-12-26-19(3)31(25(30)34)21-11-13-29(15-21)16-23-27-14-22(24(32)33)28(23)4/h5-10,12,14,21H,11,13,15-16H2,1-4H3,(H,32,33). The van der Waals surface area contributed by atoms with E-state index in [1.807, 2.05) is 57.2 Å². The van der Waals surface area contributed by atoms with Crippen LogP contribution in [0.5, 0.6) is 0 Å². The van der Waals surface area contributed by atoms with Crippen LogP contribution in [0.1, 0.15) is 45.9 Å². The number of nitrogens with zero attached hydrogens (tertiary/aromatic N) is 6. The minimum Gasteiger partial charge on any atom is -0.477 e. The van der Waals surface area contributed by atoms with Gasteiger partial charge in [-0.2, -0.15) is 0 Å². The van der Waals surface area contributed by atoms with Gasteiger partial charge >= 0.3 is 11.7 Å². The van der Waals surface area contributed by atoms with Crippen molar-refractivity contribution >= 4 is 5.97 Å². The van der Waals surface area contributed by atoms with Gasteiger partial charge in [-0.1, -0.05) is 17.7 Å². The second-order valence-corrected chi connectivity index (χ2v) is 8.75. The lowest BCUT2D eigenvalue weighted by molar-refractivity contribution is 0.0686. The molecule has 1 unspecified atom stereocenters. The number of rotatable bonds is 5. The topological polar surface area (TPSA) is 98.2 Å². The molecule has 0 spiro atoms. The summed E-state index contributed by atoms with van der Waals surface area (Å²) in [6.45, 7) is 7.72. The molecule has 1 aromatic carbocycles. The van der Waals surface area contributed by atoms with E-state index < -0.39 is 5.97 Å². The van der Waals surface area contributed by atoms with Gasteiger partial charge in [0.2, 0.25) is 0 Å². The number of aromatic carboxylic acids is 1. The number of benzene rings is 1. The van der Waals surface area contributed by atoms with Crippen LogP contribution in [-0.4, -0.2) is 52.7 Å². The minimum absolute atomic E-state index is 0.0669. The van der Waals surface area contributed by atoms with E-state index in [9.17, 15) is 14.7 Å². The summed E-state index contributed by atoms with van der Waals surface area (Å²) in [7, 11) is 1.71. The highest BCUT2D eigenvalue weighted by Gasteiger charge is 2.27. The molecule has 34 heavy (non-hydrogen) atoms. The van der Waals surface area contributed by atoms with Crippen LogP contribution in [-0.2, 0) is 13.6 Å². The van der Waals surface area contributed by atoms with E-state index in [1.54, 1.807) is 26.9 Å². The normalized spacial score (nSPS) is 15.9. The second-order valence-electron chi connectivity index (χ2n) is 8.75. The number of aromatic nitrogens is 5. The zero-order valence-electron chi connectivity index (χ0n) is 20.0. The lowest BCUT2D eigenvalue weighted by atomic mass is 10.2. The van der Waals surface area contributed by atoms with E-state index in [1.165, 1.54) is 6.20 Å². The van der Waals surface area contributed by atoms with Gasteiger partial charge in [0, 0.05) is 32.0 Å². The summed E-state index contributed by atoms with van der Waals surface area (Å²) >= 11 is 0. The van der Waals surface area contributed by atoms with E-state index >= 15 is 0 Å². The lowest BCUT2D eigenvalue weighted by Crippen LogP contribution is -2.34. The lowest BCUT2D eigenvalue weighted by Gasteiger charge is -2.19. The molecule has 178 valence electrons. The van der Waals surface area contributed by atoms with E-state index in [0.717, 1.165) is 29.9 Å². The first-order valence-corrected chi connectivity index (χ1v) is 11.3. The van der Waals surface area contributed by atoms with Gasteiger partial charge in [0.05, 0.1) is 24.5 Å². The zero-order valence-corrected chi connectivity index (χ0v) is 20.0. The third-order valence-corrected chi connectivity index (χ3v) is 6.36. The highest BCUT2D eigenvalue weighted by molar-refractivity contribution is 5.85. The molecule has 9 heteroatoms. The molecule has 1 fully saturated rings. The van der Waals surface area contributed by atoms with Crippen molar-refractivity contribution in [1.29, 1.82) is 0 Å². The fourth-order valence-electron chi connectivity index (χ4n) is 4.46. The van der Waals surface area contributed by atoms with Gasteiger partial charge in [0.1, 0.15) is 17.3 Å². The third-order valence-electron chi connectivity index (χ3n) is 6.36. The number of likely N-dealkylation sites (tertiary alicyclic amines) is 1. The summed E-state index contributed by atoms with van der Waals surface area (Å²) in [4.78, 5) is 36.3. The molecule has 3 heterocycles. The summed E-state index contributed by atoms with van der Waals surface area (Å²) < 4.78 is 5.12. The van der Waals surface area contributed by atoms with Gasteiger partial charge in [0.15, 0.2) is 0 Å².